The number of hydrogen-bond donors (Lipinski definition) is 2. The molecule has 0 aliphatic rings. The largest absolute Gasteiger partial charge is 0.355 e. The summed E-state index contributed by atoms with van der Waals surface area (Å²) in [4.78, 5) is 33.6. The number of carbonyl (C=O) groups is 1. The van der Waals surface area contributed by atoms with Crippen LogP contribution in [0.4, 0.5) is 23.0 Å². The molecule has 0 bridgehead atoms. The van der Waals surface area contributed by atoms with Gasteiger partial charge in [-0.1, -0.05) is 24.3 Å². The second kappa shape index (κ2) is 9.31. The lowest BCUT2D eigenvalue weighted by molar-refractivity contribution is -0.383. The van der Waals surface area contributed by atoms with Gasteiger partial charge >= 0.3 is 5.69 Å². The van der Waals surface area contributed by atoms with Gasteiger partial charge in [-0.2, -0.15) is 0 Å². The Morgan fingerprint density at radius 1 is 1.20 bits per heavy atom. The van der Waals surface area contributed by atoms with Crippen LogP contribution in [0.1, 0.15) is 22.8 Å². The maximum absolute atomic E-state index is 12.4. The van der Waals surface area contributed by atoms with Gasteiger partial charge in [0.05, 0.1) is 10.5 Å². The number of hydrazine groups is 1. The van der Waals surface area contributed by atoms with Crippen LogP contribution in [0.2, 0.25) is 0 Å². The molecule has 0 saturated heterocycles. The van der Waals surface area contributed by atoms with Crippen molar-refractivity contribution in [1.82, 2.24) is 15.4 Å². The van der Waals surface area contributed by atoms with Crippen molar-refractivity contribution in [2.45, 2.75) is 13.8 Å². The number of nitrogens with one attached hydrogen (secondary N) is 2. The molecule has 0 aliphatic carbocycles. The fraction of sp³-hybridized carbons (Fsp3) is 0.150. The first-order valence-electron chi connectivity index (χ1n) is 9.06. The highest BCUT2D eigenvalue weighted by atomic mass is 79.9. The van der Waals surface area contributed by atoms with Crippen molar-refractivity contribution in [2.75, 3.05) is 16.9 Å². The summed E-state index contributed by atoms with van der Waals surface area (Å²) >= 11 is 3.30. The number of anilines is 3. The molecule has 3 rings (SSSR count). The van der Waals surface area contributed by atoms with Crippen LogP contribution in [-0.2, 0) is 0 Å². The minimum absolute atomic E-state index is 0.114. The normalized spacial score (nSPS) is 10.4. The minimum Gasteiger partial charge on any atom is -0.321 e. The van der Waals surface area contributed by atoms with Gasteiger partial charge in [-0.25, -0.2) is 9.97 Å². The molecule has 1 aromatic heterocycles. The van der Waals surface area contributed by atoms with Gasteiger partial charge in [0, 0.05) is 16.7 Å². The summed E-state index contributed by atoms with van der Waals surface area (Å²) in [5.74, 6) is -0.458. The summed E-state index contributed by atoms with van der Waals surface area (Å²) < 4.78 is 0.596. The monoisotopic (exact) mass is 470 g/mol. The molecule has 0 saturated carbocycles. The van der Waals surface area contributed by atoms with E-state index in [4.69, 9.17) is 0 Å². The lowest BCUT2D eigenvalue weighted by Gasteiger charge is -2.22. The molecule has 0 radical (unpaired) electrons. The molecule has 0 unspecified atom stereocenters. The van der Waals surface area contributed by atoms with E-state index in [0.29, 0.717) is 16.6 Å². The fourth-order valence-electron chi connectivity index (χ4n) is 2.91. The SMILES string of the molecule is CCN(c1cccc(C)c1)c1ncnc(NNC(=O)c2ccccc2Br)c1[N+](=O)[O-]. The Hall–Kier alpha value is -3.53. The van der Waals surface area contributed by atoms with Gasteiger partial charge in [-0.15, -0.1) is 0 Å². The molecule has 30 heavy (non-hydrogen) atoms. The van der Waals surface area contributed by atoms with Gasteiger partial charge in [0.15, 0.2) is 0 Å². The second-order valence-electron chi connectivity index (χ2n) is 6.29. The number of aryl methyl sites for hydroxylation is 1. The Labute approximate surface area is 181 Å². The molecule has 1 heterocycles. The third kappa shape index (κ3) is 4.54. The van der Waals surface area contributed by atoms with Gasteiger partial charge < -0.3 is 4.90 Å². The van der Waals surface area contributed by atoms with E-state index in [1.165, 1.54) is 6.33 Å². The highest BCUT2D eigenvalue weighted by molar-refractivity contribution is 9.10. The first-order chi connectivity index (χ1) is 14.4. The van der Waals surface area contributed by atoms with E-state index < -0.39 is 10.8 Å². The summed E-state index contributed by atoms with van der Waals surface area (Å²) in [5.41, 5.74) is 6.83. The summed E-state index contributed by atoms with van der Waals surface area (Å²) in [5, 5.41) is 11.9. The quantitative estimate of drug-likeness (QED) is 0.389. The first-order valence-corrected chi connectivity index (χ1v) is 9.86. The van der Waals surface area contributed by atoms with Crippen LogP contribution in [0.15, 0.2) is 59.3 Å². The third-order valence-electron chi connectivity index (χ3n) is 4.28. The number of nitrogens with zero attached hydrogens (tertiary/aromatic N) is 4. The molecule has 9 nitrogen and oxygen atoms in total. The molecule has 2 aromatic carbocycles. The standard InChI is InChI=1S/C20H19BrN6O3/c1-3-26(14-8-6-7-13(2)11-14)19-17(27(29)30)18(22-12-23-19)24-25-20(28)15-9-4-5-10-16(15)21/h4-12H,3H2,1-2H3,(H,25,28)(H,22,23,24). The number of amides is 1. The minimum atomic E-state index is -0.569. The van der Waals surface area contributed by atoms with Crippen molar-refractivity contribution < 1.29 is 9.72 Å². The number of rotatable bonds is 7. The van der Waals surface area contributed by atoms with E-state index in [9.17, 15) is 14.9 Å². The number of halogens is 1. The van der Waals surface area contributed by atoms with Crippen molar-refractivity contribution in [3.63, 3.8) is 0 Å². The number of hydrogen-bond acceptors (Lipinski definition) is 7. The molecule has 3 aromatic rings. The number of carbonyl (C=O) groups excluding carboxylic acids is 1. The van der Waals surface area contributed by atoms with Crippen molar-refractivity contribution in [3.05, 3.63) is 80.6 Å². The molecule has 10 heteroatoms. The number of aromatic nitrogens is 2. The van der Waals surface area contributed by atoms with Gasteiger partial charge in [0.1, 0.15) is 6.33 Å². The summed E-state index contributed by atoms with van der Waals surface area (Å²) in [6.07, 6.45) is 1.22. The van der Waals surface area contributed by atoms with Crippen molar-refractivity contribution in [3.8, 4) is 0 Å². The Bertz CT molecular complexity index is 1090. The summed E-state index contributed by atoms with van der Waals surface area (Å²) in [6, 6.07) is 14.4. The van der Waals surface area contributed by atoms with E-state index in [0.717, 1.165) is 11.3 Å². The Kier molecular flexibility index (Phi) is 6.58. The van der Waals surface area contributed by atoms with E-state index >= 15 is 0 Å². The maximum atomic E-state index is 12.4. The average Bonchev–Trinajstić information content (AvgIpc) is 2.73. The van der Waals surface area contributed by atoms with Gasteiger partial charge in [-0.3, -0.25) is 25.8 Å². The van der Waals surface area contributed by atoms with Gasteiger partial charge in [0.2, 0.25) is 11.6 Å². The third-order valence-corrected chi connectivity index (χ3v) is 4.98. The second-order valence-corrected chi connectivity index (χ2v) is 7.15. The molecule has 2 N–H and O–H groups in total. The topological polar surface area (TPSA) is 113 Å². The van der Waals surface area contributed by atoms with E-state index in [2.05, 4.69) is 36.7 Å². The van der Waals surface area contributed by atoms with Gasteiger partial charge in [0.25, 0.3) is 5.91 Å². The zero-order valence-corrected chi connectivity index (χ0v) is 17.9. The lowest BCUT2D eigenvalue weighted by Crippen LogP contribution is -2.31. The van der Waals surface area contributed by atoms with Gasteiger partial charge in [-0.05, 0) is 59.6 Å². The van der Waals surface area contributed by atoms with E-state index in [1.807, 2.05) is 38.1 Å². The first kappa shape index (κ1) is 21.2. The van der Waals surface area contributed by atoms with Crippen LogP contribution in [0.5, 0.6) is 0 Å². The molecule has 154 valence electrons. The van der Waals surface area contributed by atoms with E-state index in [1.54, 1.807) is 29.2 Å². The molecule has 0 fully saturated rings. The van der Waals surface area contributed by atoms with E-state index in [-0.39, 0.29) is 17.3 Å². The fourth-order valence-corrected chi connectivity index (χ4v) is 3.37. The zero-order valence-electron chi connectivity index (χ0n) is 16.3. The Balaban J connectivity index is 1.94. The number of benzene rings is 2. The van der Waals surface area contributed by atoms with Crippen molar-refractivity contribution in [2.24, 2.45) is 0 Å². The maximum Gasteiger partial charge on any atom is 0.355 e. The number of nitro groups is 1. The van der Waals surface area contributed by atoms with Crippen LogP contribution in [-0.4, -0.2) is 27.3 Å². The molecular formula is C20H19BrN6O3. The smallest absolute Gasteiger partial charge is 0.321 e. The predicted octanol–water partition coefficient (Wildman–Crippen LogP) is 4.37. The molecule has 0 aliphatic heterocycles. The van der Waals surface area contributed by atoms with Crippen LogP contribution < -0.4 is 15.8 Å². The Morgan fingerprint density at radius 2 is 1.97 bits per heavy atom. The van der Waals surface area contributed by atoms with Crippen LogP contribution in [0.25, 0.3) is 0 Å². The average molecular weight is 471 g/mol. The Morgan fingerprint density at radius 3 is 2.63 bits per heavy atom. The van der Waals surface area contributed by atoms with Crippen molar-refractivity contribution >= 4 is 44.8 Å². The summed E-state index contributed by atoms with van der Waals surface area (Å²) in [6.45, 7) is 4.26. The predicted molar refractivity (Wildman–Crippen MR) is 118 cm³/mol. The highest BCUT2D eigenvalue weighted by Gasteiger charge is 2.28. The van der Waals surface area contributed by atoms with Crippen molar-refractivity contribution in [1.29, 1.82) is 0 Å². The molecular weight excluding hydrogens is 452 g/mol. The zero-order chi connectivity index (χ0) is 21.7. The van der Waals surface area contributed by atoms with Crippen LogP contribution in [0.3, 0.4) is 0 Å². The molecule has 1 amide bonds. The van der Waals surface area contributed by atoms with Crippen LogP contribution >= 0.6 is 15.9 Å². The lowest BCUT2D eigenvalue weighted by atomic mass is 10.2. The summed E-state index contributed by atoms with van der Waals surface area (Å²) in [7, 11) is 0. The molecule has 0 atom stereocenters. The highest BCUT2D eigenvalue weighted by Crippen LogP contribution is 2.35. The molecule has 0 spiro atoms. The van der Waals surface area contributed by atoms with Crippen LogP contribution in [0, 0.1) is 17.0 Å².